The quantitative estimate of drug-likeness (QED) is 0.403. The third-order valence-corrected chi connectivity index (χ3v) is 20.2. The first-order valence-corrected chi connectivity index (χ1v) is 18.1. The largest absolute Gasteiger partial charge is 0.294 e. The molecule has 0 aliphatic rings. The fourth-order valence-corrected chi connectivity index (χ4v) is 15.3. The molecule has 0 saturated heterocycles. The molecule has 0 aliphatic heterocycles. The van der Waals surface area contributed by atoms with E-state index in [2.05, 4.69) is 0 Å². The highest BCUT2D eigenvalue weighted by atomic mass is 32.2. The van der Waals surface area contributed by atoms with Crippen LogP contribution < -0.4 is 10.4 Å². The Morgan fingerprint density at radius 1 is 0.607 bits per heavy atom. The maximum atomic E-state index is 12.3. The van der Waals surface area contributed by atoms with Crippen LogP contribution in [0.3, 0.4) is 0 Å². The van der Waals surface area contributed by atoms with Crippen molar-refractivity contribution in [2.24, 2.45) is 0 Å². The summed E-state index contributed by atoms with van der Waals surface area (Å²) in [6.45, 7) is 11.8. The van der Waals surface area contributed by atoms with E-state index in [0.717, 1.165) is 0 Å². The average Bonchev–Trinajstić information content (AvgIpc) is 2.64. The minimum atomic E-state index is -4.54. The molecule has 0 amide bonds. The molecule has 0 radical (unpaired) electrons. The first-order valence-electron chi connectivity index (χ1n) is 9.96. The van der Waals surface area contributed by atoms with Crippen LogP contribution in [0.4, 0.5) is 0 Å². The molecule has 0 bridgehead atoms. The molecular weight excluding hydrogens is 432 g/mol. The smallest absolute Gasteiger partial charge is 0.282 e. The average molecular weight is 467 g/mol. The lowest BCUT2D eigenvalue weighted by molar-refractivity contribution is 0.479. The second kappa shape index (κ2) is 9.09. The van der Waals surface area contributed by atoms with E-state index in [4.69, 9.17) is 0 Å². The standard InChI is InChI=1S/C18H34O6S2Si2/c1-7-27(8-2,9-3)17-13-16(26(22,23)24)18(14-15(17)25(19,20)21)28(10-4,11-5)12-6/h13-14H,7-12H2,1-6H3,(H,19,20,21)(H,22,23,24). The molecule has 1 aromatic carbocycles. The Labute approximate surface area is 172 Å². The van der Waals surface area contributed by atoms with Crippen LogP contribution in [-0.4, -0.2) is 42.1 Å². The lowest BCUT2D eigenvalue weighted by Crippen LogP contribution is -2.53. The lowest BCUT2D eigenvalue weighted by atomic mass is 10.3. The van der Waals surface area contributed by atoms with E-state index in [0.29, 0.717) is 46.6 Å². The summed E-state index contributed by atoms with van der Waals surface area (Å²) in [5, 5.41) is 0.815. The number of hydrogen-bond donors (Lipinski definition) is 2. The summed E-state index contributed by atoms with van der Waals surface area (Å²) in [7, 11) is -13.8. The highest BCUT2D eigenvalue weighted by Crippen LogP contribution is 2.29. The highest BCUT2D eigenvalue weighted by Gasteiger charge is 2.40. The van der Waals surface area contributed by atoms with Gasteiger partial charge < -0.3 is 0 Å². The molecule has 28 heavy (non-hydrogen) atoms. The summed E-state index contributed by atoms with van der Waals surface area (Å²) in [6, 6.07) is 7.03. The van der Waals surface area contributed by atoms with E-state index in [9.17, 15) is 25.9 Å². The summed E-state index contributed by atoms with van der Waals surface area (Å²) < 4.78 is 69.4. The topological polar surface area (TPSA) is 109 Å². The van der Waals surface area contributed by atoms with Gasteiger partial charge in [-0.05, 0) is 22.5 Å². The second-order valence-corrected chi connectivity index (χ2v) is 20.7. The van der Waals surface area contributed by atoms with E-state index < -0.39 is 36.4 Å². The van der Waals surface area contributed by atoms with E-state index >= 15 is 0 Å². The van der Waals surface area contributed by atoms with Gasteiger partial charge in [-0.25, -0.2) is 0 Å². The number of hydrogen-bond acceptors (Lipinski definition) is 4. The Morgan fingerprint density at radius 3 is 0.964 bits per heavy atom. The van der Waals surface area contributed by atoms with Gasteiger partial charge in [0.25, 0.3) is 20.2 Å². The Kier molecular flexibility index (Phi) is 8.28. The summed E-state index contributed by atoms with van der Waals surface area (Å²) >= 11 is 0. The minimum absolute atomic E-state index is 0.167. The van der Waals surface area contributed by atoms with Gasteiger partial charge in [0.1, 0.15) is 0 Å². The monoisotopic (exact) mass is 466 g/mol. The Balaban J connectivity index is 4.26. The Bertz CT molecular complexity index is 810. The molecule has 0 unspecified atom stereocenters. The zero-order chi connectivity index (χ0) is 22.0. The van der Waals surface area contributed by atoms with Crippen LogP contribution in [0.5, 0.6) is 0 Å². The van der Waals surface area contributed by atoms with Crippen molar-refractivity contribution >= 4 is 46.8 Å². The molecule has 2 N–H and O–H groups in total. The lowest BCUT2D eigenvalue weighted by Gasteiger charge is -2.34. The molecular formula is C18H34O6S2Si2. The summed E-state index contributed by atoms with van der Waals surface area (Å²) in [5.41, 5.74) is 0. The van der Waals surface area contributed by atoms with Crippen molar-refractivity contribution in [2.75, 3.05) is 0 Å². The van der Waals surface area contributed by atoms with Crippen LogP contribution in [0.15, 0.2) is 21.9 Å². The molecule has 0 aromatic heterocycles. The van der Waals surface area contributed by atoms with Crippen LogP contribution in [0.2, 0.25) is 36.3 Å². The maximum Gasteiger partial charge on any atom is 0.294 e. The number of rotatable bonds is 10. The van der Waals surface area contributed by atoms with Gasteiger partial charge in [0.05, 0.1) is 25.9 Å². The van der Waals surface area contributed by atoms with E-state index in [1.807, 2.05) is 41.5 Å². The molecule has 1 rings (SSSR count). The van der Waals surface area contributed by atoms with Crippen molar-refractivity contribution in [2.45, 2.75) is 87.6 Å². The van der Waals surface area contributed by atoms with Gasteiger partial charge in [-0.15, -0.1) is 0 Å². The van der Waals surface area contributed by atoms with E-state index in [1.165, 1.54) is 12.1 Å². The van der Waals surface area contributed by atoms with Crippen molar-refractivity contribution in [1.29, 1.82) is 0 Å². The van der Waals surface area contributed by atoms with Crippen LogP contribution in [0.1, 0.15) is 41.5 Å². The van der Waals surface area contributed by atoms with Crippen LogP contribution in [0, 0.1) is 0 Å². The third-order valence-electron chi connectivity index (χ3n) is 6.84. The normalized spacial score (nSPS) is 13.7. The predicted octanol–water partition coefficient (Wildman–Crippen LogP) is 3.61. The van der Waals surface area contributed by atoms with Crippen LogP contribution in [-0.2, 0) is 20.2 Å². The zero-order valence-electron chi connectivity index (χ0n) is 17.7. The van der Waals surface area contributed by atoms with Crippen molar-refractivity contribution < 1.29 is 25.9 Å². The van der Waals surface area contributed by atoms with Gasteiger partial charge in [-0.2, -0.15) is 16.8 Å². The van der Waals surface area contributed by atoms with Gasteiger partial charge in [0.15, 0.2) is 0 Å². The zero-order valence-corrected chi connectivity index (χ0v) is 21.4. The van der Waals surface area contributed by atoms with Gasteiger partial charge in [0.2, 0.25) is 0 Å². The molecule has 0 aliphatic carbocycles. The molecule has 0 saturated carbocycles. The Hall–Kier alpha value is -0.526. The molecule has 0 fully saturated rings. The Morgan fingerprint density at radius 2 is 0.821 bits per heavy atom. The summed E-state index contributed by atoms with van der Waals surface area (Å²) in [5.74, 6) is 0. The maximum absolute atomic E-state index is 12.3. The molecule has 0 spiro atoms. The summed E-state index contributed by atoms with van der Waals surface area (Å²) in [4.78, 5) is -0.335. The summed E-state index contributed by atoms with van der Waals surface area (Å²) in [6.07, 6.45) is 0. The molecule has 162 valence electrons. The van der Waals surface area contributed by atoms with E-state index in [-0.39, 0.29) is 9.79 Å². The van der Waals surface area contributed by atoms with Gasteiger partial charge in [-0.3, -0.25) is 9.11 Å². The van der Waals surface area contributed by atoms with Gasteiger partial charge >= 0.3 is 0 Å². The fraction of sp³-hybridized carbons (Fsp3) is 0.667. The van der Waals surface area contributed by atoms with Crippen molar-refractivity contribution in [3.63, 3.8) is 0 Å². The highest BCUT2D eigenvalue weighted by molar-refractivity contribution is 7.86. The molecule has 1 aromatic rings. The fourth-order valence-electron chi connectivity index (χ4n) is 4.46. The number of benzene rings is 1. The second-order valence-electron chi connectivity index (χ2n) is 7.48. The first kappa shape index (κ1) is 25.5. The first-order chi connectivity index (χ1) is 12.8. The van der Waals surface area contributed by atoms with Crippen LogP contribution in [0.25, 0.3) is 0 Å². The van der Waals surface area contributed by atoms with E-state index in [1.54, 1.807) is 0 Å². The van der Waals surface area contributed by atoms with Gasteiger partial charge in [0, 0.05) is 0 Å². The molecule has 0 heterocycles. The molecule has 0 atom stereocenters. The van der Waals surface area contributed by atoms with Crippen LogP contribution >= 0.6 is 0 Å². The van der Waals surface area contributed by atoms with Gasteiger partial charge in [-0.1, -0.05) is 77.8 Å². The SMILES string of the molecule is CC[Si](CC)(CC)c1cc(S(=O)(=O)O)c([Si](CC)(CC)CC)cc1S(=O)(=O)O. The molecule has 10 heteroatoms. The van der Waals surface area contributed by atoms with Crippen molar-refractivity contribution in [3.05, 3.63) is 12.1 Å². The predicted molar refractivity (Wildman–Crippen MR) is 120 cm³/mol. The van der Waals surface area contributed by atoms with Crippen molar-refractivity contribution in [3.8, 4) is 0 Å². The third kappa shape index (κ3) is 4.62. The van der Waals surface area contributed by atoms with Crippen molar-refractivity contribution in [1.82, 2.24) is 0 Å². The minimum Gasteiger partial charge on any atom is -0.282 e. The molecule has 6 nitrogen and oxygen atoms in total.